The first-order chi connectivity index (χ1) is 11.8. The van der Waals surface area contributed by atoms with Crippen LogP contribution in [0.3, 0.4) is 0 Å². The van der Waals surface area contributed by atoms with Crippen LogP contribution in [-0.2, 0) is 13.5 Å². The van der Waals surface area contributed by atoms with Crippen LogP contribution in [0, 0.1) is 22.9 Å². The molecule has 2 N–H and O–H groups in total. The van der Waals surface area contributed by atoms with Crippen molar-refractivity contribution in [3.05, 3.63) is 51.0 Å². The van der Waals surface area contributed by atoms with E-state index in [9.17, 15) is 19.3 Å². The number of carbonyl (C=O) groups excluding carboxylic acids is 1. The summed E-state index contributed by atoms with van der Waals surface area (Å²) in [7, 11) is 1.61. The molecule has 0 aliphatic carbocycles. The molecule has 0 radical (unpaired) electrons. The fourth-order valence-electron chi connectivity index (χ4n) is 2.39. The highest BCUT2D eigenvalue weighted by atomic mass is 19.1. The second-order valence-corrected chi connectivity index (χ2v) is 5.52. The van der Waals surface area contributed by atoms with E-state index in [0.29, 0.717) is 17.7 Å². The third kappa shape index (κ3) is 4.11. The second kappa shape index (κ2) is 7.73. The van der Waals surface area contributed by atoms with Crippen molar-refractivity contribution in [1.29, 1.82) is 0 Å². The summed E-state index contributed by atoms with van der Waals surface area (Å²) in [5.41, 5.74) is 1.03. The number of amides is 1. The van der Waals surface area contributed by atoms with Gasteiger partial charge in [0.25, 0.3) is 5.91 Å². The molecule has 0 saturated heterocycles. The van der Waals surface area contributed by atoms with Gasteiger partial charge >= 0.3 is 5.69 Å². The smallest absolute Gasteiger partial charge is 0.333 e. The van der Waals surface area contributed by atoms with Gasteiger partial charge in [0, 0.05) is 25.7 Å². The van der Waals surface area contributed by atoms with Crippen molar-refractivity contribution >= 4 is 17.4 Å². The summed E-state index contributed by atoms with van der Waals surface area (Å²) >= 11 is 0. The molecule has 0 unspecified atom stereocenters. The highest BCUT2D eigenvalue weighted by Gasteiger charge is 2.25. The number of anilines is 1. The van der Waals surface area contributed by atoms with Gasteiger partial charge in [0.05, 0.1) is 4.92 Å². The number of halogens is 1. The first kappa shape index (κ1) is 18.4. The minimum atomic E-state index is -0.470. The molecule has 0 atom stereocenters. The highest BCUT2D eigenvalue weighted by molar-refractivity contribution is 5.94. The molecule has 0 spiro atoms. The van der Waals surface area contributed by atoms with Gasteiger partial charge in [0.1, 0.15) is 11.5 Å². The zero-order valence-corrected chi connectivity index (χ0v) is 14.3. The molecule has 2 rings (SSSR count). The van der Waals surface area contributed by atoms with Gasteiger partial charge in [-0.3, -0.25) is 14.9 Å². The van der Waals surface area contributed by atoms with Crippen LogP contribution in [0.4, 0.5) is 15.9 Å². The summed E-state index contributed by atoms with van der Waals surface area (Å²) in [5, 5.41) is 20.9. The van der Waals surface area contributed by atoms with E-state index in [4.69, 9.17) is 0 Å². The number of nitro groups is 1. The van der Waals surface area contributed by atoms with Gasteiger partial charge in [0.15, 0.2) is 0 Å². The van der Waals surface area contributed by atoms with Gasteiger partial charge < -0.3 is 10.6 Å². The molecule has 0 bridgehead atoms. The van der Waals surface area contributed by atoms with E-state index in [0.717, 1.165) is 0 Å². The van der Waals surface area contributed by atoms with Crippen molar-refractivity contribution < 1.29 is 14.1 Å². The van der Waals surface area contributed by atoms with Crippen LogP contribution in [0.5, 0.6) is 0 Å². The van der Waals surface area contributed by atoms with Crippen molar-refractivity contribution in [2.45, 2.75) is 20.3 Å². The number of aromatic nitrogens is 2. The SMILES string of the molecule is CCc1nn(C)c(NCCNC(=O)c2ccc(C)c(F)c2)c1[N+](=O)[O-]. The molecule has 1 heterocycles. The lowest BCUT2D eigenvalue weighted by molar-refractivity contribution is -0.384. The normalized spacial score (nSPS) is 10.6. The van der Waals surface area contributed by atoms with E-state index in [1.165, 1.54) is 16.8 Å². The van der Waals surface area contributed by atoms with Gasteiger partial charge in [0.2, 0.25) is 5.82 Å². The van der Waals surface area contributed by atoms with Crippen molar-refractivity contribution in [3.63, 3.8) is 0 Å². The zero-order chi connectivity index (χ0) is 18.6. The minimum absolute atomic E-state index is 0.0584. The Morgan fingerprint density at radius 2 is 2.12 bits per heavy atom. The standard InChI is InChI=1S/C16H20FN5O3/c1-4-13-14(22(24)25)15(21(3)20-13)18-7-8-19-16(23)11-6-5-10(2)12(17)9-11/h5-6,9,18H,4,7-8H2,1-3H3,(H,19,23). The average molecular weight is 349 g/mol. The van der Waals surface area contributed by atoms with Crippen LogP contribution >= 0.6 is 0 Å². The molecular weight excluding hydrogens is 329 g/mol. The van der Waals surface area contributed by atoms with Crippen LogP contribution in [0.25, 0.3) is 0 Å². The van der Waals surface area contributed by atoms with Crippen LogP contribution in [0.1, 0.15) is 28.5 Å². The maximum Gasteiger partial charge on any atom is 0.333 e. The molecule has 0 saturated carbocycles. The Balaban J connectivity index is 1.95. The third-order valence-corrected chi connectivity index (χ3v) is 3.75. The Morgan fingerprint density at radius 1 is 1.40 bits per heavy atom. The molecule has 0 fully saturated rings. The largest absolute Gasteiger partial charge is 0.363 e. The Hall–Kier alpha value is -2.97. The number of rotatable bonds is 7. The maximum absolute atomic E-state index is 13.5. The van der Waals surface area contributed by atoms with Gasteiger partial charge in [-0.1, -0.05) is 13.0 Å². The van der Waals surface area contributed by atoms with Gasteiger partial charge in [-0.25, -0.2) is 9.07 Å². The average Bonchev–Trinajstić information content (AvgIpc) is 2.90. The molecule has 134 valence electrons. The Bertz CT molecular complexity index is 803. The van der Waals surface area contributed by atoms with Gasteiger partial charge in [-0.2, -0.15) is 5.10 Å². The lowest BCUT2D eigenvalue weighted by Gasteiger charge is -2.08. The molecule has 8 nitrogen and oxygen atoms in total. The summed E-state index contributed by atoms with van der Waals surface area (Å²) < 4.78 is 14.9. The summed E-state index contributed by atoms with van der Waals surface area (Å²) in [4.78, 5) is 22.7. The van der Waals surface area contributed by atoms with Crippen molar-refractivity contribution in [2.24, 2.45) is 7.05 Å². The van der Waals surface area contributed by atoms with Gasteiger partial charge in [-0.05, 0) is 31.0 Å². The van der Waals surface area contributed by atoms with E-state index in [2.05, 4.69) is 15.7 Å². The van der Waals surface area contributed by atoms with Crippen molar-refractivity contribution in [3.8, 4) is 0 Å². The summed E-state index contributed by atoms with van der Waals surface area (Å²) in [6, 6.07) is 4.26. The van der Waals surface area contributed by atoms with Crippen molar-refractivity contribution in [2.75, 3.05) is 18.4 Å². The predicted octanol–water partition coefficient (Wildman–Crippen LogP) is 2.18. The number of aryl methyl sites for hydroxylation is 3. The summed E-state index contributed by atoms with van der Waals surface area (Å²) in [6.45, 7) is 3.90. The molecule has 9 heteroatoms. The lowest BCUT2D eigenvalue weighted by atomic mass is 10.1. The lowest BCUT2D eigenvalue weighted by Crippen LogP contribution is -2.29. The number of nitrogens with zero attached hydrogens (tertiary/aromatic N) is 3. The van der Waals surface area contributed by atoms with Crippen molar-refractivity contribution in [1.82, 2.24) is 15.1 Å². The Morgan fingerprint density at radius 3 is 2.72 bits per heavy atom. The maximum atomic E-state index is 13.5. The van der Waals surface area contributed by atoms with E-state index in [1.54, 1.807) is 27.0 Å². The van der Waals surface area contributed by atoms with E-state index in [-0.39, 0.29) is 30.2 Å². The second-order valence-electron chi connectivity index (χ2n) is 5.52. The monoisotopic (exact) mass is 349 g/mol. The first-order valence-corrected chi connectivity index (χ1v) is 7.83. The number of hydrogen-bond donors (Lipinski definition) is 2. The fraction of sp³-hybridized carbons (Fsp3) is 0.375. The van der Waals surface area contributed by atoms with Crippen LogP contribution in [0.2, 0.25) is 0 Å². The Kier molecular flexibility index (Phi) is 5.68. The first-order valence-electron chi connectivity index (χ1n) is 7.83. The number of carbonyl (C=O) groups is 1. The number of benzene rings is 1. The number of hydrogen-bond acceptors (Lipinski definition) is 5. The van der Waals surface area contributed by atoms with E-state index >= 15 is 0 Å². The third-order valence-electron chi connectivity index (χ3n) is 3.75. The highest BCUT2D eigenvalue weighted by Crippen LogP contribution is 2.27. The molecule has 1 aromatic carbocycles. The number of nitrogens with one attached hydrogen (secondary N) is 2. The zero-order valence-electron chi connectivity index (χ0n) is 14.3. The molecule has 0 aliphatic rings. The molecule has 0 aliphatic heterocycles. The topological polar surface area (TPSA) is 102 Å². The molecule has 2 aromatic rings. The fourth-order valence-corrected chi connectivity index (χ4v) is 2.39. The molecule has 1 amide bonds. The minimum Gasteiger partial charge on any atom is -0.363 e. The Labute approximate surface area is 144 Å². The van der Waals surface area contributed by atoms with E-state index < -0.39 is 16.6 Å². The molecular formula is C16H20FN5O3. The van der Waals surface area contributed by atoms with Crippen LogP contribution in [-0.4, -0.2) is 33.7 Å². The molecule has 1 aromatic heterocycles. The summed E-state index contributed by atoms with van der Waals surface area (Å²) in [6.07, 6.45) is 0.446. The molecule has 25 heavy (non-hydrogen) atoms. The predicted molar refractivity (Wildman–Crippen MR) is 91.2 cm³/mol. The van der Waals surface area contributed by atoms with Crippen LogP contribution in [0.15, 0.2) is 18.2 Å². The van der Waals surface area contributed by atoms with E-state index in [1.807, 2.05) is 0 Å². The van der Waals surface area contributed by atoms with Gasteiger partial charge in [-0.15, -0.1) is 0 Å². The summed E-state index contributed by atoms with van der Waals surface area (Å²) in [5.74, 6) is -0.560. The quantitative estimate of drug-likeness (QED) is 0.453. The van der Waals surface area contributed by atoms with Crippen LogP contribution < -0.4 is 10.6 Å².